The van der Waals surface area contributed by atoms with Gasteiger partial charge in [-0.05, 0) is 42.7 Å². The number of carbonyl (C=O) groups excluding carboxylic acids is 1. The van der Waals surface area contributed by atoms with Crippen LogP contribution in [-0.2, 0) is 9.53 Å². The number of para-hydroxylation sites is 1. The van der Waals surface area contributed by atoms with Crippen LogP contribution < -0.4 is 29.1 Å². The Morgan fingerprint density at radius 2 is 1.74 bits per heavy atom. The van der Waals surface area contributed by atoms with E-state index in [0.717, 1.165) is 16.9 Å². The molecule has 1 aliphatic heterocycles. The number of fused-ring (bicyclic) bond motifs is 1. The number of nitrogens with zero attached hydrogens (tertiary/aromatic N) is 2. The van der Waals surface area contributed by atoms with Gasteiger partial charge >= 0.3 is 5.97 Å². The Hall–Kier alpha value is -4.63. The lowest BCUT2D eigenvalue weighted by molar-refractivity contribution is -0.138. The maximum atomic E-state index is 14.2. The second-order valence-corrected chi connectivity index (χ2v) is 11.3. The summed E-state index contributed by atoms with van der Waals surface area (Å²) in [6.07, 6.45) is 1.83. The van der Waals surface area contributed by atoms with Gasteiger partial charge in [0.1, 0.15) is 11.8 Å². The molecule has 43 heavy (non-hydrogen) atoms. The minimum absolute atomic E-state index is 0.160. The van der Waals surface area contributed by atoms with E-state index >= 15 is 0 Å². The normalized spacial score (nSPS) is 14.7. The number of hydrogen-bond donors (Lipinski definition) is 0. The lowest BCUT2D eigenvalue weighted by Crippen LogP contribution is -2.40. The zero-order chi connectivity index (χ0) is 30.5. The number of esters is 1. The van der Waals surface area contributed by atoms with E-state index in [-0.39, 0.29) is 17.7 Å². The first-order chi connectivity index (χ1) is 20.9. The van der Waals surface area contributed by atoms with Gasteiger partial charge in [-0.15, -0.1) is 0 Å². The van der Waals surface area contributed by atoms with E-state index in [1.807, 2.05) is 66.7 Å². The molecule has 1 atom stereocenters. The van der Waals surface area contributed by atoms with Crippen LogP contribution >= 0.6 is 11.3 Å². The van der Waals surface area contributed by atoms with E-state index in [2.05, 4.69) is 13.8 Å². The first-order valence-corrected chi connectivity index (χ1v) is 14.9. The quantitative estimate of drug-likeness (QED) is 0.239. The van der Waals surface area contributed by atoms with Gasteiger partial charge in [-0.2, -0.15) is 0 Å². The van der Waals surface area contributed by atoms with Gasteiger partial charge in [0.25, 0.3) is 5.56 Å². The molecule has 0 fully saturated rings. The molecule has 2 heterocycles. The third-order valence-corrected chi connectivity index (χ3v) is 7.85. The summed E-state index contributed by atoms with van der Waals surface area (Å²) in [6, 6.07) is 21.5. The van der Waals surface area contributed by atoms with Crippen LogP contribution in [0.1, 0.15) is 43.5 Å². The van der Waals surface area contributed by atoms with Crippen molar-refractivity contribution in [1.29, 1.82) is 0 Å². The summed E-state index contributed by atoms with van der Waals surface area (Å²) in [6.45, 7) is 6.72. The Morgan fingerprint density at radius 1 is 1.00 bits per heavy atom. The molecule has 8 nitrogen and oxygen atoms in total. The molecule has 5 rings (SSSR count). The summed E-state index contributed by atoms with van der Waals surface area (Å²) < 4.78 is 24.8. The summed E-state index contributed by atoms with van der Waals surface area (Å²) in [5, 5.41) is 0. The van der Waals surface area contributed by atoms with Crippen LogP contribution in [0.3, 0.4) is 0 Å². The highest BCUT2D eigenvalue weighted by atomic mass is 32.1. The molecule has 222 valence electrons. The highest BCUT2D eigenvalue weighted by Gasteiger charge is 2.37. The molecule has 0 N–H and O–H groups in total. The predicted octanol–water partition coefficient (Wildman–Crippen LogP) is 4.99. The molecule has 0 saturated heterocycles. The number of ether oxygens (including phenoxy) is 4. The molecule has 1 aromatic heterocycles. The number of carbonyl (C=O) groups is 1. The summed E-state index contributed by atoms with van der Waals surface area (Å²) in [7, 11) is 3.08. The molecular weight excluding hydrogens is 564 g/mol. The zero-order valence-electron chi connectivity index (χ0n) is 24.8. The maximum absolute atomic E-state index is 14.2. The molecule has 0 aliphatic carbocycles. The number of hydrogen-bond acceptors (Lipinski definition) is 8. The average Bonchev–Trinajstić information content (AvgIpc) is 3.33. The van der Waals surface area contributed by atoms with Gasteiger partial charge in [-0.25, -0.2) is 9.79 Å². The van der Waals surface area contributed by atoms with Crippen LogP contribution in [0.2, 0.25) is 0 Å². The van der Waals surface area contributed by atoms with E-state index in [4.69, 9.17) is 23.9 Å². The van der Waals surface area contributed by atoms with Crippen LogP contribution in [0, 0.1) is 5.92 Å². The van der Waals surface area contributed by atoms with Crippen molar-refractivity contribution in [3.63, 3.8) is 0 Å². The van der Waals surface area contributed by atoms with Gasteiger partial charge in [0.2, 0.25) is 0 Å². The molecule has 0 amide bonds. The summed E-state index contributed by atoms with van der Waals surface area (Å²) >= 11 is 1.26. The highest BCUT2D eigenvalue weighted by molar-refractivity contribution is 7.07. The SMILES string of the molecule is CCOC(=O)C1=C(c2ccccc2)N=c2sc(=Cc3ccc(OCC(C)C)cc3)c(=O)n2C1c1cccc(OC)c1OC. The zero-order valence-corrected chi connectivity index (χ0v) is 25.6. The van der Waals surface area contributed by atoms with Crippen LogP contribution in [-0.4, -0.2) is 38.0 Å². The van der Waals surface area contributed by atoms with Crippen molar-refractivity contribution in [1.82, 2.24) is 4.57 Å². The molecule has 1 unspecified atom stereocenters. The van der Waals surface area contributed by atoms with Gasteiger partial charge in [0.05, 0.1) is 43.2 Å². The molecule has 0 spiro atoms. The molecular formula is C34H34N2O6S. The van der Waals surface area contributed by atoms with E-state index in [1.54, 1.807) is 30.7 Å². The molecule has 4 aromatic rings. The fourth-order valence-electron chi connectivity index (χ4n) is 4.94. The lowest BCUT2D eigenvalue weighted by Gasteiger charge is -2.27. The fourth-order valence-corrected chi connectivity index (χ4v) is 5.94. The summed E-state index contributed by atoms with van der Waals surface area (Å²) in [4.78, 5) is 33.3. The van der Waals surface area contributed by atoms with E-state index in [0.29, 0.717) is 44.6 Å². The molecule has 0 saturated carbocycles. The van der Waals surface area contributed by atoms with Crippen molar-refractivity contribution in [2.45, 2.75) is 26.8 Å². The second-order valence-electron chi connectivity index (χ2n) is 10.3. The predicted molar refractivity (Wildman–Crippen MR) is 167 cm³/mol. The largest absolute Gasteiger partial charge is 0.493 e. The fraction of sp³-hybridized carbons (Fsp3) is 0.265. The Balaban J connectivity index is 1.76. The van der Waals surface area contributed by atoms with Crippen molar-refractivity contribution < 1.29 is 23.7 Å². The number of methoxy groups -OCH3 is 2. The first-order valence-electron chi connectivity index (χ1n) is 14.1. The molecule has 9 heteroatoms. The monoisotopic (exact) mass is 598 g/mol. The minimum atomic E-state index is -0.885. The highest BCUT2D eigenvalue weighted by Crippen LogP contribution is 2.42. The second kappa shape index (κ2) is 13.1. The Labute approximate surface area is 254 Å². The van der Waals surface area contributed by atoms with Gasteiger partial charge in [0, 0.05) is 11.1 Å². The van der Waals surface area contributed by atoms with Crippen molar-refractivity contribution >= 4 is 29.1 Å². The Morgan fingerprint density at radius 3 is 2.40 bits per heavy atom. The molecule has 0 radical (unpaired) electrons. The van der Waals surface area contributed by atoms with Crippen LogP contribution in [0.25, 0.3) is 11.8 Å². The van der Waals surface area contributed by atoms with Crippen molar-refractivity contribution in [3.8, 4) is 17.2 Å². The number of benzene rings is 3. The third-order valence-electron chi connectivity index (χ3n) is 6.86. The number of rotatable bonds is 10. The summed E-state index contributed by atoms with van der Waals surface area (Å²) in [5.41, 5.74) is 2.54. The van der Waals surface area contributed by atoms with Crippen LogP contribution in [0.15, 0.2) is 88.2 Å². The van der Waals surface area contributed by atoms with Crippen molar-refractivity contribution in [2.24, 2.45) is 10.9 Å². The van der Waals surface area contributed by atoms with Gasteiger partial charge < -0.3 is 18.9 Å². The topological polar surface area (TPSA) is 88.4 Å². The van der Waals surface area contributed by atoms with E-state index < -0.39 is 12.0 Å². The van der Waals surface area contributed by atoms with Gasteiger partial charge in [-0.3, -0.25) is 9.36 Å². The Bertz CT molecular complexity index is 1820. The van der Waals surface area contributed by atoms with E-state index in [9.17, 15) is 9.59 Å². The number of aromatic nitrogens is 1. The maximum Gasteiger partial charge on any atom is 0.338 e. The standard InChI is InChI=1S/C34H34N2O6S/c1-6-41-33(38)28-29(23-11-8-7-9-12-23)35-34-36(30(28)25-13-10-14-26(39-4)31(25)40-5)32(37)27(43-34)19-22-15-17-24(18-16-22)42-20-21(2)3/h7-19,21,30H,6,20H2,1-5H3. The number of thiazole rings is 1. The van der Waals surface area contributed by atoms with Gasteiger partial charge in [0.15, 0.2) is 16.3 Å². The van der Waals surface area contributed by atoms with E-state index in [1.165, 1.54) is 18.4 Å². The first kappa shape index (κ1) is 29.8. The third kappa shape index (κ3) is 6.12. The average molecular weight is 599 g/mol. The van der Waals surface area contributed by atoms with Crippen molar-refractivity contribution in [3.05, 3.63) is 115 Å². The molecule has 1 aliphatic rings. The molecule has 3 aromatic carbocycles. The molecule has 0 bridgehead atoms. The lowest BCUT2D eigenvalue weighted by atomic mass is 9.92. The van der Waals surface area contributed by atoms with Crippen molar-refractivity contribution in [2.75, 3.05) is 27.4 Å². The van der Waals surface area contributed by atoms with Crippen LogP contribution in [0.4, 0.5) is 0 Å². The van der Waals surface area contributed by atoms with Gasteiger partial charge in [-0.1, -0.05) is 79.8 Å². The smallest absolute Gasteiger partial charge is 0.338 e. The minimum Gasteiger partial charge on any atom is -0.493 e. The Kier molecular flexibility index (Phi) is 9.11. The van der Waals surface area contributed by atoms with Crippen LogP contribution in [0.5, 0.6) is 17.2 Å². The summed E-state index contributed by atoms with van der Waals surface area (Å²) in [5.74, 6) is 1.51.